The van der Waals surface area contributed by atoms with Crippen LogP contribution in [0.25, 0.3) is 0 Å². The Morgan fingerprint density at radius 2 is 1.09 bits per heavy atom. The lowest BCUT2D eigenvalue weighted by molar-refractivity contribution is -0.309. The molecule has 1 fully saturated rings. The molecule has 0 radical (unpaired) electrons. The molecule has 2 unspecified atom stereocenters. The van der Waals surface area contributed by atoms with E-state index in [-0.39, 0.29) is 37.0 Å². The Balaban J connectivity index is 2.98. The van der Waals surface area contributed by atoms with Gasteiger partial charge < -0.3 is 30.4 Å². The molecule has 2 atom stereocenters. The lowest BCUT2D eigenvalue weighted by Gasteiger charge is -2.45. The molecule has 0 aliphatic heterocycles. The van der Waals surface area contributed by atoms with Crippen LogP contribution in [0.4, 0.5) is 0 Å². The first-order valence-corrected chi connectivity index (χ1v) is 11.7. The molecule has 32 heavy (non-hydrogen) atoms. The van der Waals surface area contributed by atoms with Crippen LogP contribution in [0.1, 0.15) is 65.2 Å². The van der Waals surface area contributed by atoms with Gasteiger partial charge in [0.15, 0.2) is 0 Å². The maximum absolute atomic E-state index is 12.4. The smallest absolute Gasteiger partial charge is 0.234 e. The average Bonchev–Trinajstić information content (AvgIpc) is 2.72. The van der Waals surface area contributed by atoms with Gasteiger partial charge in [0, 0.05) is 38.3 Å². The monoisotopic (exact) mass is 454 g/mol. The molecular weight excluding hydrogens is 416 g/mol. The maximum atomic E-state index is 12.4. The van der Waals surface area contributed by atoms with Crippen molar-refractivity contribution in [2.24, 2.45) is 0 Å². The van der Waals surface area contributed by atoms with Gasteiger partial charge in [0.2, 0.25) is 11.8 Å². The van der Waals surface area contributed by atoms with Crippen LogP contribution in [-0.4, -0.2) is 84.9 Å². The quantitative estimate of drug-likeness (QED) is 0.261. The molecule has 0 aromatic heterocycles. The second-order valence-electron chi connectivity index (χ2n) is 8.38. The van der Waals surface area contributed by atoms with Gasteiger partial charge in [-0.25, -0.2) is 0 Å². The number of hydrogen-bond donors (Lipinski definition) is 2. The van der Waals surface area contributed by atoms with Crippen molar-refractivity contribution in [3.8, 4) is 0 Å². The molecule has 1 rings (SSSR count). The third-order valence-corrected chi connectivity index (χ3v) is 5.69. The topological polar surface area (TPSA) is 145 Å². The average molecular weight is 455 g/mol. The third-order valence-electron chi connectivity index (χ3n) is 5.69. The zero-order valence-electron chi connectivity index (χ0n) is 19.4. The van der Waals surface area contributed by atoms with E-state index < -0.39 is 25.0 Å². The molecule has 1 aliphatic carbocycles. The van der Waals surface area contributed by atoms with Gasteiger partial charge >= 0.3 is 0 Å². The van der Waals surface area contributed by atoms with Crippen molar-refractivity contribution in [3.05, 3.63) is 0 Å². The molecule has 1 saturated carbocycles. The predicted octanol–water partition coefficient (Wildman–Crippen LogP) is -1.77. The molecule has 0 bridgehead atoms. The molecule has 2 N–H and O–H groups in total. The summed E-state index contributed by atoms with van der Waals surface area (Å²) >= 11 is 0. The van der Waals surface area contributed by atoms with E-state index in [1.165, 1.54) is 9.80 Å². The van der Waals surface area contributed by atoms with Crippen molar-refractivity contribution in [2.75, 3.05) is 39.3 Å². The second kappa shape index (κ2) is 15.6. The lowest BCUT2D eigenvalue weighted by atomic mass is 9.87. The number of unbranched alkanes of at least 4 members (excludes halogenated alkanes) is 2. The molecular formula is C22H38N4O6-2. The molecule has 0 saturated heterocycles. The number of carboxylic acid groups (broad SMARTS) is 2. The highest BCUT2D eigenvalue weighted by molar-refractivity contribution is 5.79. The van der Waals surface area contributed by atoms with Crippen LogP contribution in [0.15, 0.2) is 0 Å². The fourth-order valence-corrected chi connectivity index (χ4v) is 4.15. The van der Waals surface area contributed by atoms with Gasteiger partial charge in [0.05, 0.1) is 25.0 Å². The van der Waals surface area contributed by atoms with Crippen LogP contribution >= 0.6 is 0 Å². The van der Waals surface area contributed by atoms with Gasteiger partial charge in [0.1, 0.15) is 0 Å². The van der Waals surface area contributed by atoms with Gasteiger partial charge in [0.25, 0.3) is 0 Å². The first-order valence-electron chi connectivity index (χ1n) is 11.7. The van der Waals surface area contributed by atoms with Crippen molar-refractivity contribution in [1.82, 2.24) is 20.4 Å². The van der Waals surface area contributed by atoms with Crippen LogP contribution in [0.5, 0.6) is 0 Å². The Hall–Kier alpha value is -2.20. The fraction of sp³-hybridized carbons (Fsp3) is 0.818. The summed E-state index contributed by atoms with van der Waals surface area (Å²) < 4.78 is 0. The minimum Gasteiger partial charge on any atom is -0.549 e. The van der Waals surface area contributed by atoms with Crippen molar-refractivity contribution in [3.63, 3.8) is 0 Å². The van der Waals surface area contributed by atoms with E-state index in [4.69, 9.17) is 0 Å². The molecule has 0 heterocycles. The highest BCUT2D eigenvalue weighted by Gasteiger charge is 2.35. The summed E-state index contributed by atoms with van der Waals surface area (Å²) in [6.45, 7) is 3.90. The van der Waals surface area contributed by atoms with Crippen molar-refractivity contribution in [1.29, 1.82) is 0 Å². The summed E-state index contributed by atoms with van der Waals surface area (Å²) in [5.41, 5.74) is 0. The Labute approximate surface area is 190 Å². The van der Waals surface area contributed by atoms with Crippen molar-refractivity contribution in [2.45, 2.75) is 77.3 Å². The number of carbonyl (C=O) groups is 4. The summed E-state index contributed by atoms with van der Waals surface area (Å²) in [5.74, 6) is -3.18. The predicted molar refractivity (Wildman–Crippen MR) is 115 cm³/mol. The van der Waals surface area contributed by atoms with Crippen LogP contribution in [0.2, 0.25) is 0 Å². The normalized spacial score (nSPS) is 18.5. The maximum Gasteiger partial charge on any atom is 0.234 e. The number of hydrogen-bond acceptors (Lipinski definition) is 8. The molecule has 0 aromatic carbocycles. The molecule has 0 spiro atoms. The lowest BCUT2D eigenvalue weighted by Crippen LogP contribution is -2.60. The first-order chi connectivity index (χ1) is 15.3. The van der Waals surface area contributed by atoms with Gasteiger partial charge in [-0.2, -0.15) is 0 Å². The number of nitrogens with zero attached hydrogens (tertiary/aromatic N) is 2. The summed E-state index contributed by atoms with van der Waals surface area (Å²) in [6, 6.07) is -0.775. The summed E-state index contributed by atoms with van der Waals surface area (Å²) in [4.78, 5) is 50.7. The SMILES string of the molecule is CCCCNC(=O)CN(CC(=O)[O-])C1CCCCC1N(CC(=O)[O-])CC(=O)NCCCC. The van der Waals surface area contributed by atoms with E-state index in [0.29, 0.717) is 25.9 Å². The van der Waals surface area contributed by atoms with E-state index in [1.807, 2.05) is 13.8 Å². The molecule has 0 aromatic rings. The highest BCUT2D eigenvalue weighted by Crippen LogP contribution is 2.27. The van der Waals surface area contributed by atoms with Crippen LogP contribution in [-0.2, 0) is 19.2 Å². The van der Waals surface area contributed by atoms with E-state index >= 15 is 0 Å². The zero-order chi connectivity index (χ0) is 23.9. The molecule has 10 heteroatoms. The number of carboxylic acids is 2. The molecule has 10 nitrogen and oxygen atoms in total. The summed E-state index contributed by atoms with van der Waals surface area (Å²) in [7, 11) is 0. The Bertz CT molecular complexity index is 563. The van der Waals surface area contributed by atoms with Gasteiger partial charge in [-0.3, -0.25) is 19.4 Å². The van der Waals surface area contributed by atoms with Crippen LogP contribution < -0.4 is 20.8 Å². The van der Waals surface area contributed by atoms with Gasteiger partial charge in [-0.15, -0.1) is 0 Å². The number of nitrogens with one attached hydrogen (secondary N) is 2. The number of amides is 2. The highest BCUT2D eigenvalue weighted by atomic mass is 16.4. The second-order valence-corrected chi connectivity index (χ2v) is 8.38. The largest absolute Gasteiger partial charge is 0.549 e. The van der Waals surface area contributed by atoms with Crippen LogP contribution in [0.3, 0.4) is 0 Å². The number of carbonyl (C=O) groups excluding carboxylic acids is 4. The summed E-state index contributed by atoms with van der Waals surface area (Å²) in [6.07, 6.45) is 6.34. The first kappa shape index (κ1) is 27.8. The molecule has 1 aliphatic rings. The minimum atomic E-state index is -1.31. The van der Waals surface area contributed by atoms with Crippen molar-refractivity contribution < 1.29 is 29.4 Å². The minimum absolute atomic E-state index is 0.124. The van der Waals surface area contributed by atoms with E-state index in [0.717, 1.165) is 38.5 Å². The third kappa shape index (κ3) is 10.9. The summed E-state index contributed by atoms with van der Waals surface area (Å²) in [5, 5.41) is 28.4. The fourth-order valence-electron chi connectivity index (χ4n) is 4.15. The molecule has 184 valence electrons. The van der Waals surface area contributed by atoms with E-state index in [9.17, 15) is 29.4 Å². The standard InChI is InChI=1S/C22H40N4O6/c1-3-5-11-23-19(27)13-25(15-21(29)30)17-9-7-8-10-18(17)26(16-22(31)32)14-20(28)24-12-6-4-2/h17-18H,3-16H2,1-2H3,(H,23,27)(H,24,28)(H,29,30)(H,31,32)/p-2. The van der Waals surface area contributed by atoms with E-state index in [1.54, 1.807) is 0 Å². The van der Waals surface area contributed by atoms with E-state index in [2.05, 4.69) is 10.6 Å². The zero-order valence-corrected chi connectivity index (χ0v) is 19.4. The number of aliphatic carboxylic acids is 2. The molecule has 2 amide bonds. The Morgan fingerprint density at radius 1 is 0.719 bits per heavy atom. The number of rotatable bonds is 16. The Kier molecular flexibility index (Phi) is 13.5. The van der Waals surface area contributed by atoms with Gasteiger partial charge in [-0.1, -0.05) is 39.5 Å². The van der Waals surface area contributed by atoms with Crippen LogP contribution in [0, 0.1) is 0 Å². The van der Waals surface area contributed by atoms with Crippen molar-refractivity contribution >= 4 is 23.8 Å². The van der Waals surface area contributed by atoms with Gasteiger partial charge in [-0.05, 0) is 25.7 Å². The Morgan fingerprint density at radius 3 is 1.41 bits per heavy atom.